The molecule has 0 radical (unpaired) electrons. The summed E-state index contributed by atoms with van der Waals surface area (Å²) in [5.74, 6) is 0.758. The van der Waals surface area contributed by atoms with Crippen molar-refractivity contribution in [2.75, 3.05) is 7.11 Å². The van der Waals surface area contributed by atoms with Crippen LogP contribution in [0.2, 0.25) is 0 Å². The Balaban J connectivity index is 2.28. The van der Waals surface area contributed by atoms with E-state index < -0.39 is 10.1 Å². The molecule has 5 heteroatoms. The van der Waals surface area contributed by atoms with Crippen LogP contribution in [0.1, 0.15) is 0 Å². The second kappa shape index (κ2) is 5.10. The first-order valence-corrected chi connectivity index (χ1v) is 6.66. The molecular weight excluding hydrogens is 252 g/mol. The third-order valence-electron chi connectivity index (χ3n) is 2.28. The van der Waals surface area contributed by atoms with Gasteiger partial charge in [-0.3, -0.25) is 0 Å². The Kier molecular flexibility index (Phi) is 3.53. The normalized spacial score (nSPS) is 10.9. The van der Waals surface area contributed by atoms with E-state index in [1.165, 1.54) is 25.3 Å². The molecule has 0 saturated carbocycles. The van der Waals surface area contributed by atoms with Crippen molar-refractivity contribution < 1.29 is 17.3 Å². The molecule has 0 bridgehead atoms. The van der Waals surface area contributed by atoms with Gasteiger partial charge < -0.3 is 8.92 Å². The van der Waals surface area contributed by atoms with Gasteiger partial charge in [-0.05, 0) is 24.3 Å². The van der Waals surface area contributed by atoms with Crippen LogP contribution in [0.25, 0.3) is 0 Å². The van der Waals surface area contributed by atoms with Gasteiger partial charge in [-0.2, -0.15) is 8.42 Å². The highest BCUT2D eigenvalue weighted by molar-refractivity contribution is 7.87. The second-order valence-electron chi connectivity index (χ2n) is 3.53. The van der Waals surface area contributed by atoms with Gasteiger partial charge in [0.1, 0.15) is 16.4 Å². The van der Waals surface area contributed by atoms with Crippen molar-refractivity contribution in [3.8, 4) is 11.5 Å². The highest BCUT2D eigenvalue weighted by Crippen LogP contribution is 2.22. The van der Waals surface area contributed by atoms with Crippen LogP contribution in [0.5, 0.6) is 11.5 Å². The first-order valence-electron chi connectivity index (χ1n) is 5.25. The van der Waals surface area contributed by atoms with Crippen molar-refractivity contribution in [1.29, 1.82) is 0 Å². The summed E-state index contributed by atoms with van der Waals surface area (Å²) in [4.78, 5) is 0.118. The lowest BCUT2D eigenvalue weighted by molar-refractivity contribution is 0.411. The van der Waals surface area contributed by atoms with Gasteiger partial charge in [0.2, 0.25) is 0 Å². The summed E-state index contributed by atoms with van der Waals surface area (Å²) in [5, 5.41) is 0. The summed E-state index contributed by atoms with van der Waals surface area (Å²) in [6.07, 6.45) is 0. The maximum Gasteiger partial charge on any atom is 0.339 e. The largest absolute Gasteiger partial charge is 0.497 e. The maximum atomic E-state index is 11.9. The van der Waals surface area contributed by atoms with E-state index in [9.17, 15) is 8.42 Å². The molecule has 0 atom stereocenters. The van der Waals surface area contributed by atoms with E-state index in [0.717, 1.165) is 0 Å². The zero-order chi connectivity index (χ0) is 13.0. The van der Waals surface area contributed by atoms with Crippen molar-refractivity contribution >= 4 is 10.1 Å². The van der Waals surface area contributed by atoms with Crippen LogP contribution in [0.4, 0.5) is 0 Å². The van der Waals surface area contributed by atoms with E-state index in [4.69, 9.17) is 8.92 Å². The number of ether oxygens (including phenoxy) is 1. The summed E-state index contributed by atoms with van der Waals surface area (Å²) >= 11 is 0. The minimum absolute atomic E-state index is 0.118. The monoisotopic (exact) mass is 264 g/mol. The zero-order valence-corrected chi connectivity index (χ0v) is 10.6. The quantitative estimate of drug-likeness (QED) is 0.796. The molecule has 0 aliphatic rings. The number of methoxy groups -OCH3 is 1. The van der Waals surface area contributed by atoms with Crippen molar-refractivity contribution in [2.45, 2.75) is 4.90 Å². The summed E-state index contributed by atoms with van der Waals surface area (Å²) in [6.45, 7) is 0. The van der Waals surface area contributed by atoms with E-state index in [-0.39, 0.29) is 10.6 Å². The van der Waals surface area contributed by atoms with Gasteiger partial charge in [-0.15, -0.1) is 0 Å². The molecule has 2 rings (SSSR count). The van der Waals surface area contributed by atoms with Crippen LogP contribution >= 0.6 is 0 Å². The molecule has 2 aromatic carbocycles. The lowest BCUT2D eigenvalue weighted by atomic mass is 10.3. The minimum atomic E-state index is -3.79. The molecule has 0 spiro atoms. The van der Waals surface area contributed by atoms with E-state index in [1.54, 1.807) is 36.4 Å². The van der Waals surface area contributed by atoms with Crippen LogP contribution in [0.3, 0.4) is 0 Å². The highest BCUT2D eigenvalue weighted by Gasteiger charge is 2.15. The molecule has 18 heavy (non-hydrogen) atoms. The Morgan fingerprint density at radius 1 is 0.889 bits per heavy atom. The van der Waals surface area contributed by atoms with Crippen LogP contribution in [-0.2, 0) is 10.1 Å². The van der Waals surface area contributed by atoms with Crippen LogP contribution < -0.4 is 8.92 Å². The van der Waals surface area contributed by atoms with Gasteiger partial charge in [-0.25, -0.2) is 0 Å². The van der Waals surface area contributed by atoms with Gasteiger partial charge in [-0.1, -0.05) is 24.3 Å². The molecule has 0 aliphatic heterocycles. The fourth-order valence-corrected chi connectivity index (χ4v) is 2.36. The predicted molar refractivity (Wildman–Crippen MR) is 67.2 cm³/mol. The number of rotatable bonds is 4. The zero-order valence-electron chi connectivity index (χ0n) is 9.74. The Bertz CT molecular complexity index is 620. The molecule has 94 valence electrons. The Morgan fingerprint density at radius 2 is 1.56 bits per heavy atom. The van der Waals surface area contributed by atoms with Gasteiger partial charge in [0.05, 0.1) is 7.11 Å². The van der Waals surface area contributed by atoms with Gasteiger partial charge in [0, 0.05) is 6.07 Å². The molecule has 0 saturated heterocycles. The SMILES string of the molecule is COc1cccc(OS(=O)(=O)c2ccccc2)c1. The summed E-state index contributed by atoms with van der Waals surface area (Å²) < 4.78 is 33.9. The molecule has 0 amide bonds. The van der Waals surface area contributed by atoms with Gasteiger partial charge >= 0.3 is 10.1 Å². The molecule has 0 fully saturated rings. The minimum Gasteiger partial charge on any atom is -0.497 e. The number of hydrogen-bond donors (Lipinski definition) is 0. The average Bonchev–Trinajstić information content (AvgIpc) is 2.39. The van der Waals surface area contributed by atoms with Crippen molar-refractivity contribution in [2.24, 2.45) is 0 Å². The van der Waals surface area contributed by atoms with E-state index >= 15 is 0 Å². The maximum absolute atomic E-state index is 11.9. The molecule has 0 aromatic heterocycles. The van der Waals surface area contributed by atoms with Crippen molar-refractivity contribution in [1.82, 2.24) is 0 Å². The lowest BCUT2D eigenvalue weighted by Crippen LogP contribution is -2.09. The first kappa shape index (κ1) is 12.4. The molecule has 0 heterocycles. The van der Waals surface area contributed by atoms with E-state index in [0.29, 0.717) is 5.75 Å². The number of hydrogen-bond acceptors (Lipinski definition) is 4. The van der Waals surface area contributed by atoms with Crippen molar-refractivity contribution in [3.63, 3.8) is 0 Å². The lowest BCUT2D eigenvalue weighted by Gasteiger charge is -2.07. The molecular formula is C13H12O4S. The average molecular weight is 264 g/mol. The smallest absolute Gasteiger partial charge is 0.339 e. The fraction of sp³-hybridized carbons (Fsp3) is 0.0769. The molecule has 0 aliphatic carbocycles. The fourth-order valence-electron chi connectivity index (χ4n) is 1.41. The van der Waals surface area contributed by atoms with E-state index in [1.807, 2.05) is 0 Å². The Hall–Kier alpha value is -2.01. The van der Waals surface area contributed by atoms with Gasteiger partial charge in [0.15, 0.2) is 0 Å². The topological polar surface area (TPSA) is 52.6 Å². The summed E-state index contributed by atoms with van der Waals surface area (Å²) in [7, 11) is -2.29. The third-order valence-corrected chi connectivity index (χ3v) is 3.54. The standard InChI is InChI=1S/C13H12O4S/c1-16-11-6-5-7-12(10-11)17-18(14,15)13-8-3-2-4-9-13/h2-10H,1H3. The van der Waals surface area contributed by atoms with Gasteiger partial charge in [0.25, 0.3) is 0 Å². The van der Waals surface area contributed by atoms with Crippen LogP contribution in [-0.4, -0.2) is 15.5 Å². The first-order chi connectivity index (χ1) is 8.62. The predicted octanol–water partition coefficient (Wildman–Crippen LogP) is 2.46. The molecule has 0 unspecified atom stereocenters. The molecule has 2 aromatic rings. The third kappa shape index (κ3) is 2.81. The van der Waals surface area contributed by atoms with Crippen molar-refractivity contribution in [3.05, 3.63) is 54.6 Å². The number of benzene rings is 2. The van der Waals surface area contributed by atoms with Crippen LogP contribution in [0, 0.1) is 0 Å². The molecule has 4 nitrogen and oxygen atoms in total. The Labute approximate surface area is 106 Å². The summed E-state index contributed by atoms with van der Waals surface area (Å²) in [6, 6.07) is 14.4. The Morgan fingerprint density at radius 3 is 2.22 bits per heavy atom. The molecule has 0 N–H and O–H groups in total. The highest BCUT2D eigenvalue weighted by atomic mass is 32.2. The van der Waals surface area contributed by atoms with E-state index in [2.05, 4.69) is 0 Å². The van der Waals surface area contributed by atoms with Crippen LogP contribution in [0.15, 0.2) is 59.5 Å². The second-order valence-corrected chi connectivity index (χ2v) is 5.08. The summed E-state index contributed by atoms with van der Waals surface area (Å²) in [5.41, 5.74) is 0.